The van der Waals surface area contributed by atoms with Crippen molar-refractivity contribution in [3.8, 4) is 6.08 Å². The standard InChI is InChI=1S/C15H19N5O5/c1-20(14-17-7-10(8-18-14)13(22)23-2)6-4-5-16-12(21)11-9-25-15(19-11)24-3/h7-9H,4-6H2,1-3H3,(H,16,21). The van der Waals surface area contributed by atoms with Gasteiger partial charge in [-0.2, -0.15) is 4.98 Å². The maximum absolute atomic E-state index is 11.8. The van der Waals surface area contributed by atoms with E-state index in [1.807, 2.05) is 11.9 Å². The van der Waals surface area contributed by atoms with Gasteiger partial charge < -0.3 is 24.1 Å². The van der Waals surface area contributed by atoms with Gasteiger partial charge in [0.05, 0.1) is 19.8 Å². The van der Waals surface area contributed by atoms with Crippen LogP contribution in [-0.2, 0) is 4.74 Å². The summed E-state index contributed by atoms with van der Waals surface area (Å²) in [5, 5.41) is 2.73. The van der Waals surface area contributed by atoms with Crippen LogP contribution in [0.15, 0.2) is 23.1 Å². The minimum atomic E-state index is -0.485. The Morgan fingerprint density at radius 2 is 2.00 bits per heavy atom. The van der Waals surface area contributed by atoms with Gasteiger partial charge in [0.25, 0.3) is 5.91 Å². The number of carbonyl (C=O) groups is 2. The number of oxazole rings is 1. The highest BCUT2D eigenvalue weighted by Gasteiger charge is 2.12. The number of ether oxygens (including phenoxy) is 2. The number of rotatable bonds is 8. The Bertz CT molecular complexity index is 715. The molecule has 10 nitrogen and oxygen atoms in total. The molecule has 10 heteroatoms. The van der Waals surface area contributed by atoms with Crippen molar-refractivity contribution < 1.29 is 23.5 Å². The van der Waals surface area contributed by atoms with Gasteiger partial charge in [0.2, 0.25) is 5.95 Å². The summed E-state index contributed by atoms with van der Waals surface area (Å²) in [7, 11) is 4.52. The zero-order chi connectivity index (χ0) is 18.2. The van der Waals surface area contributed by atoms with Crippen molar-refractivity contribution in [1.29, 1.82) is 0 Å². The minimum Gasteiger partial charge on any atom is -0.465 e. The normalized spacial score (nSPS) is 10.2. The Morgan fingerprint density at radius 1 is 1.28 bits per heavy atom. The van der Waals surface area contributed by atoms with Gasteiger partial charge in [-0.1, -0.05) is 0 Å². The second-order valence-electron chi connectivity index (χ2n) is 5.00. The molecule has 2 heterocycles. The molecule has 2 aromatic heterocycles. The number of nitrogens with zero attached hydrogens (tertiary/aromatic N) is 4. The van der Waals surface area contributed by atoms with Crippen LogP contribution in [0.4, 0.5) is 5.95 Å². The van der Waals surface area contributed by atoms with Crippen LogP contribution >= 0.6 is 0 Å². The highest BCUT2D eigenvalue weighted by atomic mass is 16.6. The molecule has 0 aliphatic heterocycles. The first-order valence-electron chi connectivity index (χ1n) is 7.44. The van der Waals surface area contributed by atoms with E-state index in [0.29, 0.717) is 25.5 Å². The predicted molar refractivity (Wildman–Crippen MR) is 86.6 cm³/mol. The Kier molecular flexibility index (Phi) is 6.26. The summed E-state index contributed by atoms with van der Waals surface area (Å²) in [6.45, 7) is 1.05. The summed E-state index contributed by atoms with van der Waals surface area (Å²) < 4.78 is 14.3. The lowest BCUT2D eigenvalue weighted by Crippen LogP contribution is -2.29. The molecule has 0 saturated heterocycles. The van der Waals surface area contributed by atoms with E-state index in [-0.39, 0.29) is 23.2 Å². The highest BCUT2D eigenvalue weighted by molar-refractivity contribution is 5.92. The van der Waals surface area contributed by atoms with Crippen molar-refractivity contribution in [3.63, 3.8) is 0 Å². The van der Waals surface area contributed by atoms with Crippen LogP contribution in [0, 0.1) is 0 Å². The molecule has 0 aliphatic rings. The molecule has 0 bridgehead atoms. The Labute approximate surface area is 144 Å². The number of anilines is 1. The van der Waals surface area contributed by atoms with Crippen LogP contribution in [0.5, 0.6) is 6.08 Å². The van der Waals surface area contributed by atoms with E-state index in [0.717, 1.165) is 0 Å². The fourth-order valence-corrected chi connectivity index (χ4v) is 1.91. The van der Waals surface area contributed by atoms with Crippen LogP contribution in [0.1, 0.15) is 27.3 Å². The average Bonchev–Trinajstić information content (AvgIpc) is 3.13. The smallest absolute Gasteiger partial charge is 0.393 e. The number of aromatic nitrogens is 3. The van der Waals surface area contributed by atoms with Crippen molar-refractivity contribution in [2.75, 3.05) is 39.3 Å². The van der Waals surface area contributed by atoms with Gasteiger partial charge in [0, 0.05) is 32.5 Å². The molecule has 2 aromatic rings. The molecule has 0 unspecified atom stereocenters. The zero-order valence-electron chi connectivity index (χ0n) is 14.2. The Balaban J connectivity index is 1.75. The zero-order valence-corrected chi connectivity index (χ0v) is 14.2. The summed E-state index contributed by atoms with van der Waals surface area (Å²) >= 11 is 0. The van der Waals surface area contributed by atoms with Gasteiger partial charge in [0.1, 0.15) is 6.26 Å². The molecule has 1 amide bonds. The minimum absolute atomic E-state index is 0.0393. The lowest BCUT2D eigenvalue weighted by molar-refractivity contribution is 0.0599. The van der Waals surface area contributed by atoms with Gasteiger partial charge in [-0.25, -0.2) is 14.8 Å². The monoisotopic (exact) mass is 349 g/mol. The van der Waals surface area contributed by atoms with Gasteiger partial charge in [-0.05, 0) is 6.42 Å². The van der Waals surface area contributed by atoms with Gasteiger partial charge in [0.15, 0.2) is 5.69 Å². The number of methoxy groups -OCH3 is 2. The molecule has 0 saturated carbocycles. The van der Waals surface area contributed by atoms with Gasteiger partial charge in [-0.3, -0.25) is 4.79 Å². The van der Waals surface area contributed by atoms with E-state index in [9.17, 15) is 9.59 Å². The second kappa shape index (κ2) is 8.62. The van der Waals surface area contributed by atoms with Crippen molar-refractivity contribution >= 4 is 17.8 Å². The summed E-state index contributed by atoms with van der Waals surface area (Å²) in [5.74, 6) is -0.352. The van der Waals surface area contributed by atoms with Crippen LogP contribution < -0.4 is 15.0 Å². The maximum atomic E-state index is 11.8. The molecule has 0 aromatic carbocycles. The third-order valence-corrected chi connectivity index (χ3v) is 3.25. The third kappa shape index (κ3) is 4.90. The largest absolute Gasteiger partial charge is 0.465 e. The van der Waals surface area contributed by atoms with E-state index in [4.69, 9.17) is 9.15 Å². The Hall–Kier alpha value is -3.17. The molecule has 0 radical (unpaired) electrons. The molecule has 0 atom stereocenters. The topological polar surface area (TPSA) is 120 Å². The summed E-state index contributed by atoms with van der Waals surface area (Å²) in [5.41, 5.74) is 0.446. The lowest BCUT2D eigenvalue weighted by Gasteiger charge is -2.16. The quantitative estimate of drug-likeness (QED) is 0.537. The van der Waals surface area contributed by atoms with Gasteiger partial charge >= 0.3 is 12.0 Å². The number of amides is 1. The molecular weight excluding hydrogens is 330 g/mol. The van der Waals surface area contributed by atoms with Crippen molar-refractivity contribution in [2.45, 2.75) is 6.42 Å². The predicted octanol–water partition coefficient (Wildman–Crippen LogP) is 0.516. The number of esters is 1. The summed E-state index contributed by atoms with van der Waals surface area (Å²) in [6.07, 6.45) is 4.75. The van der Waals surface area contributed by atoms with Crippen LogP contribution in [0.2, 0.25) is 0 Å². The van der Waals surface area contributed by atoms with Crippen molar-refractivity contribution in [2.24, 2.45) is 0 Å². The molecule has 2 rings (SSSR count). The first-order valence-corrected chi connectivity index (χ1v) is 7.44. The van der Waals surface area contributed by atoms with Crippen LogP contribution in [0.25, 0.3) is 0 Å². The third-order valence-electron chi connectivity index (χ3n) is 3.25. The first kappa shape index (κ1) is 18.2. The van der Waals surface area contributed by atoms with E-state index < -0.39 is 5.97 Å². The molecular formula is C15H19N5O5. The number of hydrogen-bond acceptors (Lipinski definition) is 9. The first-order chi connectivity index (χ1) is 12.0. The lowest BCUT2D eigenvalue weighted by atomic mass is 10.3. The molecule has 0 fully saturated rings. The van der Waals surface area contributed by atoms with Crippen molar-refractivity contribution in [1.82, 2.24) is 20.3 Å². The molecule has 1 N–H and O–H groups in total. The van der Waals surface area contributed by atoms with E-state index in [2.05, 4.69) is 25.0 Å². The molecule has 0 spiro atoms. The average molecular weight is 349 g/mol. The number of hydrogen-bond donors (Lipinski definition) is 1. The van der Waals surface area contributed by atoms with E-state index in [1.165, 1.54) is 32.9 Å². The van der Waals surface area contributed by atoms with Crippen LogP contribution in [-0.4, -0.2) is 61.2 Å². The molecule has 25 heavy (non-hydrogen) atoms. The fraction of sp³-hybridized carbons (Fsp3) is 0.400. The number of carbonyl (C=O) groups excluding carboxylic acids is 2. The molecule has 0 aliphatic carbocycles. The van der Waals surface area contributed by atoms with Crippen LogP contribution in [0.3, 0.4) is 0 Å². The highest BCUT2D eigenvalue weighted by Crippen LogP contribution is 2.09. The summed E-state index contributed by atoms with van der Waals surface area (Å²) in [6, 6.07) is 0. The van der Waals surface area contributed by atoms with E-state index >= 15 is 0 Å². The number of nitrogens with one attached hydrogen (secondary N) is 1. The summed E-state index contributed by atoms with van der Waals surface area (Å²) in [4.78, 5) is 37.1. The second-order valence-corrected chi connectivity index (χ2v) is 5.00. The van der Waals surface area contributed by atoms with Gasteiger partial charge in [-0.15, -0.1) is 0 Å². The molecule has 134 valence electrons. The maximum Gasteiger partial charge on any atom is 0.393 e. The SMILES string of the molecule is COC(=O)c1cnc(N(C)CCCNC(=O)c2coc(OC)n2)nc1. The Morgan fingerprint density at radius 3 is 2.60 bits per heavy atom. The van der Waals surface area contributed by atoms with E-state index in [1.54, 1.807) is 0 Å². The van der Waals surface area contributed by atoms with Crippen molar-refractivity contribution in [3.05, 3.63) is 29.9 Å². The fourth-order valence-electron chi connectivity index (χ4n) is 1.91.